The number of rotatable bonds is 2. The van der Waals surface area contributed by atoms with E-state index in [0.29, 0.717) is 19.5 Å². The zero-order chi connectivity index (χ0) is 6.91. The number of hydrogen-bond donors (Lipinski definition) is 2. The van der Waals surface area contributed by atoms with Gasteiger partial charge in [0.25, 0.3) is 0 Å². The lowest BCUT2D eigenvalue weighted by Gasteiger charge is -2.37. The fourth-order valence-corrected chi connectivity index (χ4v) is 1.01. The first-order valence-corrected chi connectivity index (χ1v) is 3.06. The zero-order valence-corrected chi connectivity index (χ0v) is 5.50. The van der Waals surface area contributed by atoms with E-state index in [2.05, 4.69) is 0 Å². The Morgan fingerprint density at radius 3 is 2.22 bits per heavy atom. The van der Waals surface area contributed by atoms with Gasteiger partial charge in [0.2, 0.25) is 0 Å². The van der Waals surface area contributed by atoms with Crippen molar-refractivity contribution < 1.29 is 14.8 Å². The summed E-state index contributed by atoms with van der Waals surface area (Å²) >= 11 is 0. The molecule has 1 aliphatic rings. The average Bonchev–Trinajstić information content (AvgIpc) is 1.60. The van der Waals surface area contributed by atoms with Crippen LogP contribution in [0.1, 0.15) is 6.92 Å². The van der Waals surface area contributed by atoms with Crippen LogP contribution in [-0.2, 0) is 4.74 Å². The molecule has 1 fully saturated rings. The first-order chi connectivity index (χ1) is 4.12. The van der Waals surface area contributed by atoms with Crippen LogP contribution in [0.4, 0.5) is 0 Å². The normalized spacial score (nSPS) is 23.0. The molecule has 3 nitrogen and oxygen atoms in total. The van der Waals surface area contributed by atoms with Gasteiger partial charge < -0.3 is 14.8 Å². The SMILES string of the molecule is CC1(CB(O)O)COC1. The van der Waals surface area contributed by atoms with E-state index in [1.165, 1.54) is 0 Å². The first-order valence-electron chi connectivity index (χ1n) is 3.06. The predicted molar refractivity (Wildman–Crippen MR) is 33.9 cm³/mol. The quantitative estimate of drug-likeness (QED) is 0.495. The minimum Gasteiger partial charge on any atom is -0.427 e. The molecule has 1 aliphatic heterocycles. The van der Waals surface area contributed by atoms with Crippen LogP contribution in [0, 0.1) is 5.41 Å². The van der Waals surface area contributed by atoms with Gasteiger partial charge in [0.15, 0.2) is 0 Å². The Labute approximate surface area is 54.8 Å². The fraction of sp³-hybridized carbons (Fsp3) is 1.00. The maximum Gasteiger partial charge on any atom is 0.452 e. The second kappa shape index (κ2) is 2.29. The van der Waals surface area contributed by atoms with Crippen molar-refractivity contribution in [3.8, 4) is 0 Å². The second-order valence-corrected chi connectivity index (χ2v) is 2.99. The summed E-state index contributed by atoms with van der Waals surface area (Å²) in [5.74, 6) is 0. The van der Waals surface area contributed by atoms with Gasteiger partial charge in [-0.2, -0.15) is 0 Å². The molecule has 0 saturated carbocycles. The van der Waals surface area contributed by atoms with Crippen LogP contribution >= 0.6 is 0 Å². The molecule has 52 valence electrons. The highest BCUT2D eigenvalue weighted by molar-refractivity contribution is 6.41. The summed E-state index contributed by atoms with van der Waals surface area (Å²) in [5, 5.41) is 17.1. The monoisotopic (exact) mass is 130 g/mol. The first kappa shape index (κ1) is 7.06. The van der Waals surface area contributed by atoms with E-state index in [-0.39, 0.29) is 5.41 Å². The summed E-state index contributed by atoms with van der Waals surface area (Å²) in [4.78, 5) is 0. The Bertz CT molecular complexity index is 100. The molecule has 0 spiro atoms. The summed E-state index contributed by atoms with van der Waals surface area (Å²) in [7, 11) is -1.18. The maximum atomic E-state index is 8.55. The van der Waals surface area contributed by atoms with E-state index in [1.54, 1.807) is 0 Å². The molecule has 1 heterocycles. The van der Waals surface area contributed by atoms with Crippen molar-refractivity contribution in [2.45, 2.75) is 13.2 Å². The van der Waals surface area contributed by atoms with Gasteiger partial charge in [-0.1, -0.05) is 6.92 Å². The fourth-order valence-electron chi connectivity index (χ4n) is 1.01. The van der Waals surface area contributed by atoms with E-state index in [1.807, 2.05) is 6.92 Å². The summed E-state index contributed by atoms with van der Waals surface area (Å²) in [6.45, 7) is 3.30. The van der Waals surface area contributed by atoms with Crippen molar-refractivity contribution >= 4 is 7.12 Å². The van der Waals surface area contributed by atoms with Crippen LogP contribution in [0.15, 0.2) is 0 Å². The average molecular weight is 130 g/mol. The van der Waals surface area contributed by atoms with Gasteiger partial charge in [0, 0.05) is 5.41 Å². The van der Waals surface area contributed by atoms with Crippen LogP contribution in [0.2, 0.25) is 6.32 Å². The predicted octanol–water partition coefficient (Wildman–Crippen LogP) is -0.504. The minimum atomic E-state index is -1.18. The van der Waals surface area contributed by atoms with Crippen molar-refractivity contribution in [3.63, 3.8) is 0 Å². The van der Waals surface area contributed by atoms with Crippen LogP contribution in [0.5, 0.6) is 0 Å². The summed E-state index contributed by atoms with van der Waals surface area (Å²) < 4.78 is 4.92. The third-order valence-corrected chi connectivity index (χ3v) is 1.58. The highest BCUT2D eigenvalue weighted by atomic mass is 16.5. The maximum absolute atomic E-state index is 8.55. The zero-order valence-electron chi connectivity index (χ0n) is 5.50. The molecule has 0 bridgehead atoms. The van der Waals surface area contributed by atoms with Gasteiger partial charge in [-0.3, -0.25) is 0 Å². The van der Waals surface area contributed by atoms with Gasteiger partial charge in [0.1, 0.15) is 0 Å². The van der Waals surface area contributed by atoms with Crippen molar-refractivity contribution in [3.05, 3.63) is 0 Å². The highest BCUT2D eigenvalue weighted by Gasteiger charge is 2.36. The van der Waals surface area contributed by atoms with Gasteiger partial charge in [-0.25, -0.2) is 0 Å². The summed E-state index contributed by atoms with van der Waals surface area (Å²) in [6.07, 6.45) is 0.424. The molecule has 9 heavy (non-hydrogen) atoms. The standard InChI is InChI=1S/C5H11BO3/c1-5(2-6(7)8)3-9-4-5/h7-8H,2-4H2,1H3. The molecule has 2 N–H and O–H groups in total. The molecule has 0 atom stereocenters. The Hall–Kier alpha value is -0.0551. The Kier molecular flexibility index (Phi) is 1.79. The minimum absolute atomic E-state index is 0.0220. The molecule has 0 amide bonds. The lowest BCUT2D eigenvalue weighted by Crippen LogP contribution is -2.42. The third kappa shape index (κ3) is 1.68. The van der Waals surface area contributed by atoms with Crippen molar-refractivity contribution in [2.75, 3.05) is 13.2 Å². The van der Waals surface area contributed by atoms with Gasteiger partial charge in [-0.15, -0.1) is 0 Å². The van der Waals surface area contributed by atoms with E-state index in [9.17, 15) is 0 Å². The van der Waals surface area contributed by atoms with Crippen LogP contribution in [0.25, 0.3) is 0 Å². The smallest absolute Gasteiger partial charge is 0.427 e. The molecule has 4 heteroatoms. The molecule has 0 aromatic carbocycles. The lowest BCUT2D eigenvalue weighted by molar-refractivity contribution is -0.0917. The lowest BCUT2D eigenvalue weighted by atomic mass is 9.68. The molecule has 0 unspecified atom stereocenters. The van der Waals surface area contributed by atoms with Gasteiger partial charge >= 0.3 is 7.12 Å². The van der Waals surface area contributed by atoms with Gasteiger partial charge in [0.05, 0.1) is 13.2 Å². The van der Waals surface area contributed by atoms with Crippen molar-refractivity contribution in [2.24, 2.45) is 5.41 Å². The Morgan fingerprint density at radius 1 is 1.56 bits per heavy atom. The molecule has 0 aromatic rings. The Morgan fingerprint density at radius 2 is 2.11 bits per heavy atom. The van der Waals surface area contributed by atoms with Crippen molar-refractivity contribution in [1.82, 2.24) is 0 Å². The summed E-state index contributed by atoms with van der Waals surface area (Å²) in [6, 6.07) is 0. The number of ether oxygens (including phenoxy) is 1. The van der Waals surface area contributed by atoms with E-state index >= 15 is 0 Å². The molecule has 1 saturated heterocycles. The molecule has 0 aliphatic carbocycles. The topological polar surface area (TPSA) is 49.7 Å². The summed E-state index contributed by atoms with van der Waals surface area (Å²) in [5.41, 5.74) is 0.0220. The van der Waals surface area contributed by atoms with Crippen LogP contribution < -0.4 is 0 Å². The van der Waals surface area contributed by atoms with Crippen molar-refractivity contribution in [1.29, 1.82) is 0 Å². The molecule has 0 radical (unpaired) electrons. The highest BCUT2D eigenvalue weighted by Crippen LogP contribution is 2.31. The van der Waals surface area contributed by atoms with E-state index < -0.39 is 7.12 Å². The third-order valence-electron chi connectivity index (χ3n) is 1.58. The molecular formula is C5H11BO3. The second-order valence-electron chi connectivity index (χ2n) is 2.99. The van der Waals surface area contributed by atoms with E-state index in [4.69, 9.17) is 14.8 Å². The van der Waals surface area contributed by atoms with Crippen LogP contribution in [-0.4, -0.2) is 30.4 Å². The van der Waals surface area contributed by atoms with Crippen LogP contribution in [0.3, 0.4) is 0 Å². The van der Waals surface area contributed by atoms with Gasteiger partial charge in [-0.05, 0) is 6.32 Å². The number of hydrogen-bond acceptors (Lipinski definition) is 3. The molecule has 1 rings (SSSR count). The largest absolute Gasteiger partial charge is 0.452 e. The molecule has 0 aromatic heterocycles. The Balaban J connectivity index is 2.24. The molecular weight excluding hydrogens is 119 g/mol. The van der Waals surface area contributed by atoms with E-state index in [0.717, 1.165) is 0 Å².